The summed E-state index contributed by atoms with van der Waals surface area (Å²) in [5, 5.41) is 9.74. The number of anilines is 1. The van der Waals surface area contributed by atoms with Gasteiger partial charge in [-0.2, -0.15) is 0 Å². The second kappa shape index (κ2) is 12.7. The lowest BCUT2D eigenvalue weighted by Crippen LogP contribution is -2.55. The zero-order valence-electron chi connectivity index (χ0n) is 23.6. The van der Waals surface area contributed by atoms with Crippen molar-refractivity contribution in [2.45, 2.75) is 74.3 Å². The standard InChI is InChI=1S/C31H41ClN2O5S/c1-5-7-11-20-39-29(38)24-23-27(36)34(18-9-8-10-19-35)26(31(23)16-15-30(24,4)40-31)28(37)33(17-6-2)25-21(3)13-12-14-22(25)32/h5-6,12-14,23-24,26,35H,1-2,7-11,15-20H2,3-4H3/t23-,24+,26?,30-,31?/m0/s1. The maximum Gasteiger partial charge on any atom is 0.311 e. The molecule has 218 valence electrons. The number of ether oxygens (including phenoxy) is 1. The molecule has 0 saturated carbocycles. The molecule has 3 aliphatic heterocycles. The molecule has 3 saturated heterocycles. The van der Waals surface area contributed by atoms with Gasteiger partial charge in [-0.05, 0) is 70.4 Å². The quantitative estimate of drug-likeness (QED) is 0.180. The van der Waals surface area contributed by atoms with Gasteiger partial charge in [-0.25, -0.2) is 0 Å². The van der Waals surface area contributed by atoms with E-state index in [4.69, 9.17) is 16.3 Å². The van der Waals surface area contributed by atoms with E-state index in [0.29, 0.717) is 42.9 Å². The molecule has 2 unspecified atom stereocenters. The Kier molecular flexibility index (Phi) is 9.74. The number of fused-ring (bicyclic) bond motifs is 1. The van der Waals surface area contributed by atoms with Crippen molar-refractivity contribution in [1.82, 2.24) is 4.90 Å². The lowest BCUT2D eigenvalue weighted by molar-refractivity contribution is -0.155. The minimum Gasteiger partial charge on any atom is -0.465 e. The first-order valence-electron chi connectivity index (χ1n) is 14.2. The Morgan fingerprint density at radius 3 is 2.67 bits per heavy atom. The van der Waals surface area contributed by atoms with Gasteiger partial charge in [0.25, 0.3) is 5.91 Å². The van der Waals surface area contributed by atoms with Crippen molar-refractivity contribution in [3.05, 3.63) is 54.1 Å². The van der Waals surface area contributed by atoms with Crippen LogP contribution in [0.1, 0.15) is 57.4 Å². The number of aliphatic hydroxyl groups is 1. The van der Waals surface area contributed by atoms with Crippen molar-refractivity contribution in [1.29, 1.82) is 0 Å². The first-order chi connectivity index (χ1) is 19.2. The Morgan fingerprint density at radius 1 is 1.23 bits per heavy atom. The Hall–Kier alpha value is -2.29. The number of aliphatic hydroxyl groups excluding tert-OH is 1. The summed E-state index contributed by atoms with van der Waals surface area (Å²) in [6, 6.07) is 4.77. The summed E-state index contributed by atoms with van der Waals surface area (Å²) in [5.74, 6) is -1.95. The predicted molar refractivity (Wildman–Crippen MR) is 161 cm³/mol. The number of halogens is 1. The Balaban J connectivity index is 1.74. The highest BCUT2D eigenvalue weighted by atomic mass is 35.5. The Labute approximate surface area is 246 Å². The van der Waals surface area contributed by atoms with Crippen molar-refractivity contribution in [3.8, 4) is 0 Å². The van der Waals surface area contributed by atoms with Crippen LogP contribution in [0, 0.1) is 18.8 Å². The van der Waals surface area contributed by atoms with Crippen LogP contribution in [-0.2, 0) is 19.1 Å². The second-order valence-corrected chi connectivity index (χ2v) is 13.6. The van der Waals surface area contributed by atoms with E-state index in [1.54, 1.807) is 39.8 Å². The normalized spacial score (nSPS) is 28.4. The van der Waals surface area contributed by atoms with E-state index in [0.717, 1.165) is 24.8 Å². The number of nitrogens with zero attached hydrogens (tertiary/aromatic N) is 2. The van der Waals surface area contributed by atoms with Crippen LogP contribution in [0.25, 0.3) is 0 Å². The van der Waals surface area contributed by atoms with Gasteiger partial charge in [-0.15, -0.1) is 24.9 Å². The van der Waals surface area contributed by atoms with Gasteiger partial charge in [0.1, 0.15) is 6.04 Å². The number of thioether (sulfide) groups is 1. The zero-order valence-corrected chi connectivity index (χ0v) is 25.1. The molecular weight excluding hydrogens is 548 g/mol. The monoisotopic (exact) mass is 588 g/mol. The molecule has 9 heteroatoms. The van der Waals surface area contributed by atoms with E-state index in [1.807, 2.05) is 26.0 Å². The van der Waals surface area contributed by atoms with Gasteiger partial charge in [0.2, 0.25) is 5.91 Å². The highest BCUT2D eigenvalue weighted by molar-refractivity contribution is 8.02. The highest BCUT2D eigenvalue weighted by Gasteiger charge is 2.77. The summed E-state index contributed by atoms with van der Waals surface area (Å²) in [6.07, 6.45) is 8.29. The van der Waals surface area contributed by atoms with Crippen molar-refractivity contribution in [3.63, 3.8) is 0 Å². The lowest BCUT2D eigenvalue weighted by atomic mass is 9.66. The van der Waals surface area contributed by atoms with Gasteiger partial charge in [0, 0.05) is 24.4 Å². The van der Waals surface area contributed by atoms with E-state index >= 15 is 0 Å². The van der Waals surface area contributed by atoms with Gasteiger partial charge < -0.3 is 19.6 Å². The van der Waals surface area contributed by atoms with Crippen LogP contribution in [0.5, 0.6) is 0 Å². The number of allylic oxidation sites excluding steroid dienone is 1. The topological polar surface area (TPSA) is 87.1 Å². The third kappa shape index (κ3) is 5.35. The van der Waals surface area contributed by atoms with Crippen LogP contribution < -0.4 is 4.90 Å². The molecular formula is C31H41ClN2O5S. The lowest BCUT2D eigenvalue weighted by Gasteiger charge is -2.37. The fraction of sp³-hybridized carbons (Fsp3) is 0.581. The number of amides is 2. The third-order valence-corrected chi connectivity index (χ3v) is 10.9. The average Bonchev–Trinajstić information content (AvgIpc) is 3.48. The van der Waals surface area contributed by atoms with Crippen molar-refractivity contribution in [2.24, 2.45) is 11.8 Å². The molecule has 4 rings (SSSR count). The van der Waals surface area contributed by atoms with E-state index < -0.39 is 27.4 Å². The SMILES string of the molecule is C=CCCCOC(=O)[C@H]1[C@H]2C(=O)N(CCCCCO)C(C(=O)N(CC=C)c3c(C)cccc3Cl)C23CC[C@]1(C)S3. The molecule has 5 atom stereocenters. The van der Waals surface area contributed by atoms with Crippen LogP contribution in [0.15, 0.2) is 43.5 Å². The number of hydrogen-bond acceptors (Lipinski definition) is 6. The summed E-state index contributed by atoms with van der Waals surface area (Å²) in [4.78, 5) is 45.8. The highest BCUT2D eigenvalue weighted by Crippen LogP contribution is 2.71. The molecule has 40 heavy (non-hydrogen) atoms. The molecule has 3 aliphatic rings. The fourth-order valence-corrected chi connectivity index (χ4v) is 9.56. The van der Waals surface area contributed by atoms with E-state index in [-0.39, 0.29) is 37.5 Å². The Bertz CT molecular complexity index is 1140. The first-order valence-corrected chi connectivity index (χ1v) is 15.4. The van der Waals surface area contributed by atoms with E-state index in [9.17, 15) is 19.5 Å². The van der Waals surface area contributed by atoms with E-state index in [1.165, 1.54) is 0 Å². The fourth-order valence-electron chi connectivity index (χ4n) is 6.90. The minimum absolute atomic E-state index is 0.0791. The molecule has 1 aromatic carbocycles. The molecule has 1 N–H and O–H groups in total. The molecule has 0 radical (unpaired) electrons. The molecule has 7 nitrogen and oxygen atoms in total. The van der Waals surface area contributed by atoms with Gasteiger partial charge in [-0.3, -0.25) is 14.4 Å². The van der Waals surface area contributed by atoms with Crippen LogP contribution in [0.2, 0.25) is 5.02 Å². The molecule has 3 heterocycles. The summed E-state index contributed by atoms with van der Waals surface area (Å²) in [7, 11) is 0. The average molecular weight is 589 g/mol. The van der Waals surface area contributed by atoms with Crippen LogP contribution in [0.3, 0.4) is 0 Å². The maximum absolute atomic E-state index is 14.7. The second-order valence-electron chi connectivity index (χ2n) is 11.3. The minimum atomic E-state index is -0.750. The molecule has 3 fully saturated rings. The van der Waals surface area contributed by atoms with Gasteiger partial charge in [0.15, 0.2) is 0 Å². The largest absolute Gasteiger partial charge is 0.465 e. The van der Waals surface area contributed by atoms with Crippen LogP contribution in [0.4, 0.5) is 5.69 Å². The van der Waals surface area contributed by atoms with Crippen molar-refractivity contribution in [2.75, 3.05) is 31.2 Å². The molecule has 2 amide bonds. The summed E-state index contributed by atoms with van der Waals surface area (Å²) in [6.45, 7) is 12.5. The summed E-state index contributed by atoms with van der Waals surface area (Å²) >= 11 is 8.27. The number of unbranched alkanes of at least 4 members (excludes halogenated alkanes) is 3. The Morgan fingerprint density at radius 2 is 2.00 bits per heavy atom. The van der Waals surface area contributed by atoms with Gasteiger partial charge in [-0.1, -0.05) is 35.9 Å². The van der Waals surface area contributed by atoms with Gasteiger partial charge >= 0.3 is 5.97 Å². The molecule has 2 bridgehead atoms. The molecule has 0 aliphatic carbocycles. The number of aryl methyl sites for hydroxylation is 1. The number of carbonyl (C=O) groups excluding carboxylic acids is 3. The number of rotatable bonds is 14. The number of benzene rings is 1. The first kappa shape index (κ1) is 30.7. The number of likely N-dealkylation sites (tertiary alicyclic amines) is 1. The number of hydrogen-bond donors (Lipinski definition) is 1. The molecule has 1 spiro atoms. The van der Waals surface area contributed by atoms with E-state index in [2.05, 4.69) is 13.2 Å². The molecule has 0 aromatic heterocycles. The smallest absolute Gasteiger partial charge is 0.311 e. The van der Waals surface area contributed by atoms with Gasteiger partial charge in [0.05, 0.1) is 33.9 Å². The maximum atomic E-state index is 14.7. The summed E-state index contributed by atoms with van der Waals surface area (Å²) < 4.78 is 4.48. The van der Waals surface area contributed by atoms with Crippen molar-refractivity contribution < 1.29 is 24.2 Å². The summed E-state index contributed by atoms with van der Waals surface area (Å²) in [5.41, 5.74) is 1.47. The number of para-hydroxylation sites is 1. The van der Waals surface area contributed by atoms with Crippen LogP contribution in [-0.4, -0.2) is 69.6 Å². The third-order valence-electron chi connectivity index (χ3n) is 8.65. The predicted octanol–water partition coefficient (Wildman–Crippen LogP) is 5.32. The number of esters is 1. The molecule has 1 aromatic rings. The van der Waals surface area contributed by atoms with Crippen molar-refractivity contribution >= 4 is 46.8 Å². The van der Waals surface area contributed by atoms with Crippen LogP contribution >= 0.6 is 23.4 Å². The zero-order chi connectivity index (χ0) is 29.1. The number of carbonyl (C=O) groups is 3.